The second-order valence-electron chi connectivity index (χ2n) is 2.06. The normalized spacial score (nSPS) is 13.5. The van der Waals surface area contributed by atoms with Gasteiger partial charge in [0.25, 0.3) is 0 Å². The van der Waals surface area contributed by atoms with Gasteiger partial charge in [-0.2, -0.15) is 0 Å². The van der Waals surface area contributed by atoms with Crippen LogP contribution in [0.4, 0.5) is 0 Å². The van der Waals surface area contributed by atoms with Gasteiger partial charge in [-0.05, 0) is 0 Å². The van der Waals surface area contributed by atoms with Crippen LogP contribution >= 0.6 is 11.6 Å². The summed E-state index contributed by atoms with van der Waals surface area (Å²) in [6.07, 6.45) is -0.235. The number of Topliss-reactive ketones (excluding diaryl/α,β-unsaturated/α-hetero) is 1. The Balaban J connectivity index is 3.97. The highest BCUT2D eigenvalue weighted by molar-refractivity contribution is 6.31. The van der Waals surface area contributed by atoms with Crippen LogP contribution in [0.3, 0.4) is 0 Å². The Labute approximate surface area is 71.6 Å². The van der Waals surface area contributed by atoms with Gasteiger partial charge in [-0.25, -0.2) is 0 Å². The van der Waals surface area contributed by atoms with E-state index >= 15 is 0 Å². The molecule has 0 saturated carbocycles. The number of rotatable bonds is 5. The van der Waals surface area contributed by atoms with Crippen molar-refractivity contribution in [2.24, 2.45) is 0 Å². The van der Waals surface area contributed by atoms with Crippen molar-refractivity contribution >= 4 is 17.4 Å². The fraction of sp³-hybridized carbons (Fsp3) is 0.857. The fourth-order valence-corrected chi connectivity index (χ4v) is 1.04. The van der Waals surface area contributed by atoms with Crippen LogP contribution in [0.1, 0.15) is 13.3 Å². The third kappa shape index (κ3) is 3.18. The lowest BCUT2D eigenvalue weighted by Crippen LogP contribution is -2.31. The Bertz CT molecular complexity index is 123. The highest BCUT2D eigenvalue weighted by Crippen LogP contribution is 2.09. The molecular formula is C7H13ClO3. The standard InChI is InChI=1S/C7H13ClO3/c1-4-5(9)6(8)7(10-2)11-3/h6-7H,4H2,1-3H3. The largest absolute Gasteiger partial charge is 0.354 e. The first-order valence-electron chi connectivity index (χ1n) is 3.39. The molecule has 11 heavy (non-hydrogen) atoms. The van der Waals surface area contributed by atoms with Gasteiger partial charge in [0, 0.05) is 20.6 Å². The molecule has 0 spiro atoms. The lowest BCUT2D eigenvalue weighted by atomic mass is 10.2. The summed E-state index contributed by atoms with van der Waals surface area (Å²) >= 11 is 5.70. The summed E-state index contributed by atoms with van der Waals surface area (Å²) in [5, 5.41) is -0.699. The first kappa shape index (κ1) is 10.9. The van der Waals surface area contributed by atoms with Crippen LogP contribution in [-0.2, 0) is 14.3 Å². The summed E-state index contributed by atoms with van der Waals surface area (Å²) < 4.78 is 9.62. The summed E-state index contributed by atoms with van der Waals surface area (Å²) in [4.78, 5) is 11.0. The molecule has 0 aliphatic rings. The van der Waals surface area contributed by atoms with E-state index in [1.807, 2.05) is 0 Å². The van der Waals surface area contributed by atoms with Crippen LogP contribution in [0.2, 0.25) is 0 Å². The van der Waals surface area contributed by atoms with E-state index in [-0.39, 0.29) is 5.78 Å². The van der Waals surface area contributed by atoms with E-state index in [0.717, 1.165) is 0 Å². The second kappa shape index (κ2) is 5.52. The minimum atomic E-state index is -0.699. The van der Waals surface area contributed by atoms with Gasteiger partial charge in [0.15, 0.2) is 12.1 Å². The maximum atomic E-state index is 11.0. The van der Waals surface area contributed by atoms with Crippen LogP contribution in [0.15, 0.2) is 0 Å². The molecule has 0 aromatic heterocycles. The van der Waals surface area contributed by atoms with E-state index in [0.29, 0.717) is 6.42 Å². The van der Waals surface area contributed by atoms with E-state index in [1.54, 1.807) is 6.92 Å². The Morgan fingerprint density at radius 1 is 1.45 bits per heavy atom. The molecule has 4 heteroatoms. The van der Waals surface area contributed by atoms with Crippen LogP contribution in [-0.4, -0.2) is 31.7 Å². The van der Waals surface area contributed by atoms with Gasteiger partial charge < -0.3 is 9.47 Å². The summed E-state index contributed by atoms with van der Waals surface area (Å²) in [6.45, 7) is 1.75. The molecule has 0 saturated heterocycles. The molecule has 0 aromatic carbocycles. The molecule has 0 fully saturated rings. The highest BCUT2D eigenvalue weighted by Gasteiger charge is 2.23. The Hall–Kier alpha value is -0.120. The lowest BCUT2D eigenvalue weighted by Gasteiger charge is -2.17. The van der Waals surface area contributed by atoms with Crippen LogP contribution in [0.25, 0.3) is 0 Å². The zero-order valence-electron chi connectivity index (χ0n) is 6.96. The molecule has 3 nitrogen and oxygen atoms in total. The Kier molecular flexibility index (Phi) is 5.46. The topological polar surface area (TPSA) is 35.5 Å². The molecule has 0 radical (unpaired) electrons. The number of carbonyl (C=O) groups is 1. The number of hydrogen-bond donors (Lipinski definition) is 0. The van der Waals surface area contributed by atoms with Gasteiger partial charge in [0.05, 0.1) is 0 Å². The monoisotopic (exact) mass is 180 g/mol. The third-order valence-corrected chi connectivity index (χ3v) is 1.81. The number of methoxy groups -OCH3 is 2. The minimum Gasteiger partial charge on any atom is -0.354 e. The summed E-state index contributed by atoms with van der Waals surface area (Å²) in [5.41, 5.74) is 0. The molecule has 0 amide bonds. The molecule has 0 rings (SSSR count). The Morgan fingerprint density at radius 2 is 1.91 bits per heavy atom. The number of ketones is 1. The Morgan fingerprint density at radius 3 is 2.18 bits per heavy atom. The van der Waals surface area contributed by atoms with Gasteiger partial charge in [0.2, 0.25) is 0 Å². The molecule has 0 N–H and O–H groups in total. The van der Waals surface area contributed by atoms with Crippen molar-refractivity contribution in [3.63, 3.8) is 0 Å². The maximum absolute atomic E-state index is 11.0. The lowest BCUT2D eigenvalue weighted by molar-refractivity contribution is -0.135. The van der Waals surface area contributed by atoms with Crippen molar-refractivity contribution < 1.29 is 14.3 Å². The van der Waals surface area contributed by atoms with E-state index in [1.165, 1.54) is 14.2 Å². The predicted octanol–water partition coefficient (Wildman–Crippen LogP) is 1.19. The third-order valence-electron chi connectivity index (χ3n) is 1.36. The molecule has 66 valence electrons. The van der Waals surface area contributed by atoms with Crippen molar-refractivity contribution in [3.05, 3.63) is 0 Å². The summed E-state index contributed by atoms with van der Waals surface area (Å²) in [5.74, 6) is -0.0691. The molecule has 0 bridgehead atoms. The minimum absolute atomic E-state index is 0.0691. The number of ether oxygens (including phenoxy) is 2. The summed E-state index contributed by atoms with van der Waals surface area (Å²) in [6, 6.07) is 0. The molecular weight excluding hydrogens is 168 g/mol. The first-order chi connectivity index (χ1) is 5.17. The van der Waals surface area contributed by atoms with Gasteiger partial charge in [0.1, 0.15) is 5.38 Å². The number of alkyl halides is 1. The molecule has 1 unspecified atom stereocenters. The highest BCUT2D eigenvalue weighted by atomic mass is 35.5. The van der Waals surface area contributed by atoms with Crippen molar-refractivity contribution in [2.45, 2.75) is 25.0 Å². The molecule has 0 aromatic rings. The van der Waals surface area contributed by atoms with E-state index in [2.05, 4.69) is 0 Å². The molecule has 0 aliphatic carbocycles. The average molecular weight is 181 g/mol. The zero-order chi connectivity index (χ0) is 8.85. The molecule has 0 heterocycles. The van der Waals surface area contributed by atoms with Crippen LogP contribution in [0.5, 0.6) is 0 Å². The van der Waals surface area contributed by atoms with Crippen LogP contribution in [0, 0.1) is 0 Å². The van der Waals surface area contributed by atoms with Crippen molar-refractivity contribution in [3.8, 4) is 0 Å². The quantitative estimate of drug-likeness (QED) is 0.471. The average Bonchev–Trinajstić information content (AvgIpc) is 2.05. The van der Waals surface area contributed by atoms with Crippen molar-refractivity contribution in [1.82, 2.24) is 0 Å². The number of halogens is 1. The van der Waals surface area contributed by atoms with Gasteiger partial charge in [-0.3, -0.25) is 4.79 Å². The van der Waals surface area contributed by atoms with Gasteiger partial charge in [-0.15, -0.1) is 11.6 Å². The van der Waals surface area contributed by atoms with Gasteiger partial charge in [-0.1, -0.05) is 6.92 Å². The molecule has 1 atom stereocenters. The fourth-order valence-electron chi connectivity index (χ4n) is 0.682. The van der Waals surface area contributed by atoms with E-state index < -0.39 is 11.7 Å². The van der Waals surface area contributed by atoms with Gasteiger partial charge >= 0.3 is 0 Å². The SMILES string of the molecule is CCC(=O)C(Cl)C(OC)OC. The van der Waals surface area contributed by atoms with E-state index in [4.69, 9.17) is 21.1 Å². The summed E-state index contributed by atoms with van der Waals surface area (Å²) in [7, 11) is 2.90. The smallest absolute Gasteiger partial charge is 0.180 e. The van der Waals surface area contributed by atoms with Crippen molar-refractivity contribution in [2.75, 3.05) is 14.2 Å². The molecule has 0 aliphatic heterocycles. The predicted molar refractivity (Wildman–Crippen MR) is 42.7 cm³/mol. The van der Waals surface area contributed by atoms with Crippen LogP contribution < -0.4 is 0 Å². The first-order valence-corrected chi connectivity index (χ1v) is 3.83. The maximum Gasteiger partial charge on any atom is 0.180 e. The van der Waals surface area contributed by atoms with E-state index in [9.17, 15) is 4.79 Å². The second-order valence-corrected chi connectivity index (χ2v) is 2.53. The van der Waals surface area contributed by atoms with Crippen molar-refractivity contribution in [1.29, 1.82) is 0 Å². The zero-order valence-corrected chi connectivity index (χ0v) is 7.72. The number of carbonyl (C=O) groups excluding carboxylic acids is 1. The number of hydrogen-bond acceptors (Lipinski definition) is 3.